The summed E-state index contributed by atoms with van der Waals surface area (Å²) in [5.41, 5.74) is 0. The zero-order valence-corrected chi connectivity index (χ0v) is 11.4. The van der Waals surface area contributed by atoms with E-state index in [9.17, 15) is 14.4 Å². The van der Waals surface area contributed by atoms with Gasteiger partial charge in [-0.05, 0) is 19.9 Å². The predicted octanol–water partition coefficient (Wildman–Crippen LogP) is -0.870. The summed E-state index contributed by atoms with van der Waals surface area (Å²) in [6.45, 7) is 0.464. The van der Waals surface area contributed by atoms with E-state index in [0.29, 0.717) is 6.54 Å². The lowest BCUT2D eigenvalue weighted by Gasteiger charge is -2.21. The zero-order valence-electron chi connectivity index (χ0n) is 11.4. The van der Waals surface area contributed by atoms with Crippen LogP contribution in [0, 0.1) is 0 Å². The highest BCUT2D eigenvalue weighted by atomic mass is 16.4. The molecule has 0 aromatic heterocycles. The molecule has 1 rings (SSSR count). The Morgan fingerprint density at radius 3 is 2.37 bits per heavy atom. The van der Waals surface area contributed by atoms with Gasteiger partial charge in [0.05, 0.1) is 19.5 Å². The molecular formula is C12H21N3O4. The molecular weight excluding hydrogens is 250 g/mol. The van der Waals surface area contributed by atoms with E-state index in [0.717, 1.165) is 12.8 Å². The Kier molecular flexibility index (Phi) is 5.75. The van der Waals surface area contributed by atoms with Crippen LogP contribution in [-0.2, 0) is 14.4 Å². The van der Waals surface area contributed by atoms with E-state index in [4.69, 9.17) is 5.11 Å². The molecule has 7 nitrogen and oxygen atoms in total. The minimum Gasteiger partial charge on any atom is -0.481 e. The van der Waals surface area contributed by atoms with Crippen molar-refractivity contribution in [2.24, 2.45) is 0 Å². The molecule has 0 heterocycles. The Hall–Kier alpha value is -1.63. The molecule has 2 amide bonds. The molecule has 0 aliphatic heterocycles. The van der Waals surface area contributed by atoms with Gasteiger partial charge in [-0.25, -0.2) is 0 Å². The van der Waals surface area contributed by atoms with Crippen molar-refractivity contribution in [3.63, 3.8) is 0 Å². The molecule has 0 bridgehead atoms. The summed E-state index contributed by atoms with van der Waals surface area (Å²) in [5.74, 6) is -1.23. The molecule has 1 aliphatic rings. The van der Waals surface area contributed by atoms with Gasteiger partial charge in [0, 0.05) is 19.6 Å². The lowest BCUT2D eigenvalue weighted by Crippen LogP contribution is -2.43. The fraction of sp³-hybridized carbons (Fsp3) is 0.750. The first kappa shape index (κ1) is 15.4. The monoisotopic (exact) mass is 271 g/mol. The smallest absolute Gasteiger partial charge is 0.304 e. The summed E-state index contributed by atoms with van der Waals surface area (Å²) in [6.07, 6.45) is 2.03. The van der Waals surface area contributed by atoms with Crippen LogP contribution < -0.4 is 5.32 Å². The fourth-order valence-corrected chi connectivity index (χ4v) is 1.52. The molecule has 1 fully saturated rings. The summed E-state index contributed by atoms with van der Waals surface area (Å²) in [4.78, 5) is 36.7. The third-order valence-corrected chi connectivity index (χ3v) is 2.86. The number of carbonyl (C=O) groups excluding carboxylic acids is 2. The topological polar surface area (TPSA) is 90.0 Å². The van der Waals surface area contributed by atoms with Crippen molar-refractivity contribution in [2.45, 2.75) is 25.3 Å². The van der Waals surface area contributed by atoms with E-state index in [1.807, 2.05) is 0 Å². The van der Waals surface area contributed by atoms with Gasteiger partial charge >= 0.3 is 5.97 Å². The lowest BCUT2D eigenvalue weighted by molar-refractivity contribution is -0.138. The standard InChI is InChI=1S/C12H21N3O4/c1-14(6-5-12(18)19)8-11(17)15(2)7-10(16)13-9-3-4-9/h9H,3-8H2,1-2H3,(H,13,16)(H,18,19). The average Bonchev–Trinajstić information content (AvgIpc) is 3.09. The second-order valence-corrected chi connectivity index (χ2v) is 4.97. The van der Waals surface area contributed by atoms with Gasteiger partial charge in [0.1, 0.15) is 0 Å². The van der Waals surface area contributed by atoms with Crippen LogP contribution in [0.4, 0.5) is 0 Å². The summed E-state index contributed by atoms with van der Waals surface area (Å²) >= 11 is 0. The van der Waals surface area contributed by atoms with Crippen LogP contribution in [0.25, 0.3) is 0 Å². The third kappa shape index (κ3) is 6.76. The lowest BCUT2D eigenvalue weighted by atomic mass is 10.3. The minimum absolute atomic E-state index is 0.00431. The van der Waals surface area contributed by atoms with Gasteiger partial charge in [0.15, 0.2) is 0 Å². The Labute approximate surface area is 112 Å². The van der Waals surface area contributed by atoms with Crippen LogP contribution in [0.2, 0.25) is 0 Å². The quantitative estimate of drug-likeness (QED) is 0.599. The van der Waals surface area contributed by atoms with Crippen molar-refractivity contribution in [3.8, 4) is 0 Å². The van der Waals surface area contributed by atoms with E-state index in [2.05, 4.69) is 5.32 Å². The van der Waals surface area contributed by atoms with Gasteiger partial charge in [-0.1, -0.05) is 0 Å². The summed E-state index contributed by atoms with van der Waals surface area (Å²) in [6, 6.07) is 0.286. The van der Waals surface area contributed by atoms with Gasteiger partial charge < -0.3 is 15.3 Å². The number of carboxylic acids is 1. The first-order valence-corrected chi connectivity index (χ1v) is 6.32. The van der Waals surface area contributed by atoms with Gasteiger partial charge in [-0.3, -0.25) is 19.3 Å². The highest BCUT2D eigenvalue weighted by Crippen LogP contribution is 2.18. The average molecular weight is 271 g/mol. The second-order valence-electron chi connectivity index (χ2n) is 4.97. The van der Waals surface area contributed by atoms with Crippen molar-refractivity contribution in [2.75, 3.05) is 33.7 Å². The maximum atomic E-state index is 11.8. The van der Waals surface area contributed by atoms with Crippen LogP contribution in [0.3, 0.4) is 0 Å². The van der Waals surface area contributed by atoms with Gasteiger partial charge in [0.2, 0.25) is 11.8 Å². The van der Waals surface area contributed by atoms with Gasteiger partial charge in [-0.15, -0.1) is 0 Å². The number of nitrogens with zero attached hydrogens (tertiary/aromatic N) is 2. The number of nitrogens with one attached hydrogen (secondary N) is 1. The normalized spacial score (nSPS) is 14.3. The second kappa shape index (κ2) is 7.08. The molecule has 0 spiro atoms. The molecule has 1 aliphatic carbocycles. The molecule has 0 aromatic rings. The van der Waals surface area contributed by atoms with Crippen molar-refractivity contribution < 1.29 is 19.5 Å². The van der Waals surface area contributed by atoms with E-state index >= 15 is 0 Å². The molecule has 0 unspecified atom stereocenters. The Bertz CT molecular complexity index is 355. The highest BCUT2D eigenvalue weighted by Gasteiger charge is 2.24. The SMILES string of the molecule is CN(CCC(=O)O)CC(=O)N(C)CC(=O)NC1CC1. The number of amides is 2. The van der Waals surface area contributed by atoms with E-state index < -0.39 is 5.97 Å². The maximum absolute atomic E-state index is 11.8. The van der Waals surface area contributed by atoms with Crippen molar-refractivity contribution >= 4 is 17.8 Å². The van der Waals surface area contributed by atoms with Gasteiger partial charge in [-0.2, -0.15) is 0 Å². The first-order chi connectivity index (χ1) is 8.88. The fourth-order valence-electron chi connectivity index (χ4n) is 1.52. The van der Waals surface area contributed by atoms with E-state index in [-0.39, 0.29) is 37.4 Å². The van der Waals surface area contributed by atoms with Crippen LogP contribution in [-0.4, -0.2) is 72.5 Å². The number of hydrogen-bond donors (Lipinski definition) is 2. The molecule has 0 atom stereocenters. The van der Waals surface area contributed by atoms with E-state index in [1.165, 1.54) is 4.90 Å². The number of aliphatic carboxylic acids is 1. The highest BCUT2D eigenvalue weighted by molar-refractivity contribution is 5.85. The molecule has 2 N–H and O–H groups in total. The molecule has 0 radical (unpaired) electrons. The minimum atomic E-state index is -0.892. The number of carbonyl (C=O) groups is 3. The van der Waals surface area contributed by atoms with Crippen molar-refractivity contribution in [1.82, 2.24) is 15.1 Å². The third-order valence-electron chi connectivity index (χ3n) is 2.86. The Balaban J connectivity index is 2.22. The van der Waals surface area contributed by atoms with Crippen LogP contribution >= 0.6 is 0 Å². The molecule has 0 aromatic carbocycles. The predicted molar refractivity (Wildman–Crippen MR) is 68.6 cm³/mol. The summed E-state index contributed by atoms with van der Waals surface area (Å²) < 4.78 is 0. The van der Waals surface area contributed by atoms with Crippen molar-refractivity contribution in [1.29, 1.82) is 0 Å². The molecule has 19 heavy (non-hydrogen) atoms. The van der Waals surface area contributed by atoms with Crippen LogP contribution in [0.15, 0.2) is 0 Å². The summed E-state index contributed by atoms with van der Waals surface area (Å²) in [5, 5.41) is 11.3. The zero-order chi connectivity index (χ0) is 14.4. The number of rotatable bonds is 8. The molecule has 7 heteroatoms. The summed E-state index contributed by atoms with van der Waals surface area (Å²) in [7, 11) is 3.25. The molecule has 1 saturated carbocycles. The molecule has 108 valence electrons. The van der Waals surface area contributed by atoms with Gasteiger partial charge in [0.25, 0.3) is 0 Å². The number of hydrogen-bond acceptors (Lipinski definition) is 4. The first-order valence-electron chi connectivity index (χ1n) is 6.32. The Morgan fingerprint density at radius 1 is 1.21 bits per heavy atom. The number of carboxylic acid groups (broad SMARTS) is 1. The van der Waals surface area contributed by atoms with Crippen LogP contribution in [0.5, 0.6) is 0 Å². The van der Waals surface area contributed by atoms with E-state index in [1.54, 1.807) is 19.0 Å². The number of likely N-dealkylation sites (N-methyl/N-ethyl adjacent to an activating group) is 2. The van der Waals surface area contributed by atoms with Crippen LogP contribution in [0.1, 0.15) is 19.3 Å². The van der Waals surface area contributed by atoms with Crippen molar-refractivity contribution in [3.05, 3.63) is 0 Å². The Morgan fingerprint density at radius 2 is 1.84 bits per heavy atom. The largest absolute Gasteiger partial charge is 0.481 e. The maximum Gasteiger partial charge on any atom is 0.304 e. The molecule has 0 saturated heterocycles.